The van der Waals surface area contributed by atoms with Crippen LogP contribution in [0.4, 0.5) is 9.18 Å². The van der Waals surface area contributed by atoms with Crippen LogP contribution in [0.3, 0.4) is 0 Å². The van der Waals surface area contributed by atoms with Gasteiger partial charge >= 0.3 is 6.09 Å². The highest BCUT2D eigenvalue weighted by Crippen LogP contribution is 2.28. The molecule has 7 heteroatoms. The molecule has 0 radical (unpaired) electrons. The first-order chi connectivity index (χ1) is 10.6. The van der Waals surface area contributed by atoms with Crippen LogP contribution < -0.4 is 5.32 Å². The Balaban J connectivity index is 2.35. The van der Waals surface area contributed by atoms with Crippen LogP contribution in [0.25, 0.3) is 0 Å². The van der Waals surface area contributed by atoms with Crippen LogP contribution in [0.5, 0.6) is 0 Å². The van der Waals surface area contributed by atoms with E-state index in [0.717, 1.165) is 0 Å². The van der Waals surface area contributed by atoms with Gasteiger partial charge in [0.25, 0.3) is 0 Å². The van der Waals surface area contributed by atoms with E-state index in [1.165, 1.54) is 42.9 Å². The van der Waals surface area contributed by atoms with E-state index in [4.69, 9.17) is 16.3 Å². The second-order valence-electron chi connectivity index (χ2n) is 4.25. The number of halogens is 2. The Morgan fingerprint density at radius 3 is 3.00 bits per heavy atom. The zero-order valence-electron chi connectivity index (χ0n) is 11.5. The fourth-order valence-corrected chi connectivity index (χ4v) is 1.93. The summed E-state index contributed by atoms with van der Waals surface area (Å²) in [6.45, 7) is 3.71. The number of benzene rings is 1. The highest BCUT2D eigenvalue weighted by molar-refractivity contribution is 6.30. The molecule has 1 aromatic carbocycles. The first-order valence-corrected chi connectivity index (χ1v) is 6.76. The number of nitrogens with one attached hydrogen (secondary N) is 1. The molecule has 0 saturated carbocycles. The Morgan fingerprint density at radius 2 is 2.32 bits per heavy atom. The second kappa shape index (κ2) is 7.51. The number of alkyl carbamates (subject to hydrolysis) is 1. The van der Waals surface area contributed by atoms with Crippen molar-refractivity contribution in [1.29, 1.82) is 0 Å². The van der Waals surface area contributed by atoms with Gasteiger partial charge in [0.2, 0.25) is 0 Å². The van der Waals surface area contributed by atoms with E-state index in [-0.39, 0.29) is 17.8 Å². The molecule has 5 nitrogen and oxygen atoms in total. The van der Waals surface area contributed by atoms with E-state index >= 15 is 0 Å². The Morgan fingerprint density at radius 1 is 1.50 bits per heavy atom. The van der Waals surface area contributed by atoms with Crippen molar-refractivity contribution in [3.8, 4) is 0 Å². The molecule has 0 fully saturated rings. The zero-order valence-corrected chi connectivity index (χ0v) is 12.3. The molecule has 0 saturated heterocycles. The molecule has 114 valence electrons. The average Bonchev–Trinajstić information content (AvgIpc) is 2.54. The summed E-state index contributed by atoms with van der Waals surface area (Å²) in [6, 6.07) is 4.00. The summed E-state index contributed by atoms with van der Waals surface area (Å²) in [5.41, 5.74) is 0.388. The summed E-state index contributed by atoms with van der Waals surface area (Å²) >= 11 is 5.90. The summed E-state index contributed by atoms with van der Waals surface area (Å²) in [5, 5.41) is 2.77. The van der Waals surface area contributed by atoms with Crippen molar-refractivity contribution < 1.29 is 13.9 Å². The third-order valence-electron chi connectivity index (χ3n) is 2.71. The number of carbonyl (C=O) groups excluding carboxylic acids is 1. The summed E-state index contributed by atoms with van der Waals surface area (Å²) in [5.74, 6) is -0.559. The van der Waals surface area contributed by atoms with Gasteiger partial charge in [0.15, 0.2) is 6.10 Å². The largest absolute Gasteiger partial charge is 0.435 e. The smallest absolute Gasteiger partial charge is 0.408 e. The predicted molar refractivity (Wildman–Crippen MR) is 80.0 cm³/mol. The van der Waals surface area contributed by atoms with Crippen molar-refractivity contribution in [3.63, 3.8) is 0 Å². The maximum absolute atomic E-state index is 14.1. The predicted octanol–water partition coefficient (Wildman–Crippen LogP) is 3.27. The van der Waals surface area contributed by atoms with Crippen LogP contribution in [0.1, 0.15) is 17.4 Å². The lowest BCUT2D eigenvalue weighted by atomic mass is 10.1. The lowest BCUT2D eigenvalue weighted by molar-refractivity contribution is 0.113. The first kappa shape index (κ1) is 15.9. The van der Waals surface area contributed by atoms with Gasteiger partial charge in [-0.05, 0) is 18.2 Å². The van der Waals surface area contributed by atoms with Crippen LogP contribution in [0.2, 0.25) is 5.02 Å². The van der Waals surface area contributed by atoms with Gasteiger partial charge < -0.3 is 10.1 Å². The quantitative estimate of drug-likeness (QED) is 0.858. The molecule has 1 aromatic heterocycles. The van der Waals surface area contributed by atoms with Crippen LogP contribution in [0, 0.1) is 5.82 Å². The molecule has 0 spiro atoms. The summed E-state index contributed by atoms with van der Waals surface area (Å²) in [4.78, 5) is 19.7. The fraction of sp³-hybridized carbons (Fsp3) is 0.133. The third kappa shape index (κ3) is 4.02. The van der Waals surface area contributed by atoms with Gasteiger partial charge in [0, 0.05) is 29.5 Å². The lowest BCUT2D eigenvalue weighted by Crippen LogP contribution is -2.27. The normalized spacial score (nSPS) is 11.5. The number of nitrogens with zero attached hydrogens (tertiary/aromatic N) is 2. The highest BCUT2D eigenvalue weighted by Gasteiger charge is 2.24. The van der Waals surface area contributed by atoms with E-state index in [1.54, 1.807) is 0 Å². The van der Waals surface area contributed by atoms with E-state index < -0.39 is 18.0 Å². The lowest BCUT2D eigenvalue weighted by Gasteiger charge is -2.18. The van der Waals surface area contributed by atoms with Crippen molar-refractivity contribution in [2.24, 2.45) is 0 Å². The minimum absolute atomic E-state index is 0.0988. The van der Waals surface area contributed by atoms with Crippen LogP contribution in [-0.2, 0) is 4.74 Å². The molecule has 0 bridgehead atoms. The molecule has 0 aliphatic rings. The number of aromatic nitrogens is 2. The summed E-state index contributed by atoms with van der Waals surface area (Å²) < 4.78 is 19.3. The Labute approximate surface area is 131 Å². The standard InChI is InChI=1S/C15H13ClFN3O2/c1-2-5-20-15(21)22-14(13-9-18-6-7-19-13)11-8-10(16)3-4-12(11)17/h2-4,6-9,14H,1,5H2,(H,20,21). The molecule has 22 heavy (non-hydrogen) atoms. The molecule has 0 aliphatic heterocycles. The van der Waals surface area contributed by atoms with Crippen molar-refractivity contribution in [2.45, 2.75) is 6.10 Å². The van der Waals surface area contributed by atoms with Gasteiger partial charge in [-0.2, -0.15) is 0 Å². The molecule has 1 atom stereocenters. The molecule has 2 rings (SSSR count). The number of amides is 1. The SMILES string of the molecule is C=CCNC(=O)OC(c1cnccn1)c1cc(Cl)ccc1F. The maximum atomic E-state index is 14.1. The molecule has 1 heterocycles. The van der Waals surface area contributed by atoms with Gasteiger partial charge in [-0.25, -0.2) is 9.18 Å². The van der Waals surface area contributed by atoms with Crippen LogP contribution >= 0.6 is 11.6 Å². The fourth-order valence-electron chi connectivity index (χ4n) is 1.75. The van der Waals surface area contributed by atoms with Gasteiger partial charge in [0.1, 0.15) is 11.5 Å². The summed E-state index contributed by atoms with van der Waals surface area (Å²) in [6.07, 6.45) is 4.00. The molecule has 2 aromatic rings. The third-order valence-corrected chi connectivity index (χ3v) is 2.94. The van der Waals surface area contributed by atoms with Crippen molar-refractivity contribution in [3.05, 3.63) is 71.5 Å². The maximum Gasteiger partial charge on any atom is 0.408 e. The number of rotatable bonds is 5. The number of carbonyl (C=O) groups is 1. The number of hydrogen-bond acceptors (Lipinski definition) is 4. The molecular formula is C15H13ClFN3O2. The van der Waals surface area contributed by atoms with E-state index in [0.29, 0.717) is 5.02 Å². The zero-order chi connectivity index (χ0) is 15.9. The van der Waals surface area contributed by atoms with Crippen molar-refractivity contribution in [1.82, 2.24) is 15.3 Å². The van der Waals surface area contributed by atoms with Gasteiger partial charge in [-0.3, -0.25) is 9.97 Å². The topological polar surface area (TPSA) is 64.1 Å². The first-order valence-electron chi connectivity index (χ1n) is 6.38. The van der Waals surface area contributed by atoms with Crippen molar-refractivity contribution >= 4 is 17.7 Å². The van der Waals surface area contributed by atoms with Gasteiger partial charge in [-0.1, -0.05) is 17.7 Å². The molecule has 1 N–H and O–H groups in total. The molecule has 0 aliphatic carbocycles. The van der Waals surface area contributed by atoms with Crippen LogP contribution in [-0.4, -0.2) is 22.6 Å². The van der Waals surface area contributed by atoms with Crippen molar-refractivity contribution in [2.75, 3.05) is 6.54 Å². The molecule has 1 amide bonds. The average molecular weight is 322 g/mol. The molecular weight excluding hydrogens is 309 g/mol. The highest BCUT2D eigenvalue weighted by atomic mass is 35.5. The van der Waals surface area contributed by atoms with Crippen LogP contribution in [0.15, 0.2) is 49.4 Å². The monoisotopic (exact) mass is 321 g/mol. The Hall–Kier alpha value is -2.47. The minimum Gasteiger partial charge on any atom is -0.435 e. The van der Waals surface area contributed by atoms with Gasteiger partial charge in [-0.15, -0.1) is 6.58 Å². The number of ether oxygens (including phenoxy) is 1. The minimum atomic E-state index is -1.06. The second-order valence-corrected chi connectivity index (χ2v) is 4.69. The van der Waals surface area contributed by atoms with Gasteiger partial charge in [0.05, 0.1) is 6.20 Å². The van der Waals surface area contributed by atoms with E-state index in [9.17, 15) is 9.18 Å². The van der Waals surface area contributed by atoms with E-state index in [1.807, 2.05) is 0 Å². The Bertz CT molecular complexity index is 667. The summed E-state index contributed by atoms with van der Waals surface area (Å²) in [7, 11) is 0. The molecule has 1 unspecified atom stereocenters. The number of hydrogen-bond donors (Lipinski definition) is 1. The van der Waals surface area contributed by atoms with E-state index in [2.05, 4.69) is 21.9 Å². The Kier molecular flexibility index (Phi) is 5.43.